The molecule has 0 spiro atoms. The molecule has 0 saturated carbocycles. The molecule has 4 nitrogen and oxygen atoms in total. The highest BCUT2D eigenvalue weighted by molar-refractivity contribution is 6.30. The minimum absolute atomic E-state index is 0.372. The summed E-state index contributed by atoms with van der Waals surface area (Å²) in [5.74, 6) is 1.41. The zero-order valence-electron chi connectivity index (χ0n) is 19.6. The summed E-state index contributed by atoms with van der Waals surface area (Å²) in [6.45, 7) is 4.51. The van der Waals surface area contributed by atoms with E-state index in [0.29, 0.717) is 27.6 Å². The average molecular weight is 478 g/mol. The van der Waals surface area contributed by atoms with Crippen LogP contribution in [-0.4, -0.2) is 6.54 Å². The number of ether oxygens (including phenoxy) is 1. The van der Waals surface area contributed by atoms with Crippen LogP contribution in [0.5, 0.6) is 5.75 Å². The largest absolute Gasteiger partial charge is 0.439 e. The summed E-state index contributed by atoms with van der Waals surface area (Å²) in [6, 6.07) is 28.0. The van der Waals surface area contributed by atoms with E-state index in [1.807, 2.05) is 36.4 Å². The monoisotopic (exact) mass is 477 g/mol. The third-order valence-corrected chi connectivity index (χ3v) is 6.09. The smallest absolute Gasteiger partial charge is 0.200 e. The number of benzene rings is 3. The van der Waals surface area contributed by atoms with Crippen LogP contribution >= 0.6 is 11.6 Å². The van der Waals surface area contributed by atoms with Gasteiger partial charge in [-0.15, -0.1) is 0 Å². The lowest BCUT2D eigenvalue weighted by atomic mass is 9.94. The van der Waals surface area contributed by atoms with Crippen LogP contribution in [0.3, 0.4) is 0 Å². The average Bonchev–Trinajstić information content (AvgIpc) is 3.24. The first kappa shape index (κ1) is 23.9. The van der Waals surface area contributed by atoms with E-state index in [1.165, 1.54) is 11.1 Å². The lowest BCUT2D eigenvalue weighted by Crippen LogP contribution is -2.23. The van der Waals surface area contributed by atoms with Crippen molar-refractivity contribution in [1.29, 1.82) is 10.5 Å². The molecule has 0 fully saturated rings. The Bertz CT molecular complexity index is 1400. The minimum atomic E-state index is 0.372. The van der Waals surface area contributed by atoms with Gasteiger partial charge in [0.1, 0.15) is 0 Å². The van der Waals surface area contributed by atoms with Gasteiger partial charge in [0.15, 0.2) is 5.75 Å². The molecular formula is C30H24ClN3O. The number of rotatable bonds is 6. The first-order valence-corrected chi connectivity index (χ1v) is 11.7. The molecule has 0 aliphatic carbocycles. The van der Waals surface area contributed by atoms with Crippen molar-refractivity contribution >= 4 is 22.9 Å². The standard InChI is InChI=1S/C30H24ClN3O/c1-21-7-9-23(10-8-21)17-18-34-27-5-3-4-6-28(27)35-29(34)16-13-25(20-33)30(22(2)19-32)24-11-14-26(31)15-12-24/h3-16H,17-18H2,1-2H3/b25-13+,29-16-,30-22-. The van der Waals surface area contributed by atoms with Gasteiger partial charge in [-0.3, -0.25) is 0 Å². The van der Waals surface area contributed by atoms with Gasteiger partial charge in [-0.1, -0.05) is 65.7 Å². The molecule has 1 aliphatic rings. The van der Waals surface area contributed by atoms with Crippen molar-refractivity contribution in [3.63, 3.8) is 0 Å². The predicted molar refractivity (Wildman–Crippen MR) is 141 cm³/mol. The summed E-state index contributed by atoms with van der Waals surface area (Å²) in [7, 11) is 0. The Morgan fingerprint density at radius 2 is 1.69 bits per heavy atom. The Hall–Kier alpha value is -4.25. The molecule has 3 aromatic rings. The fourth-order valence-electron chi connectivity index (χ4n) is 3.98. The van der Waals surface area contributed by atoms with Crippen LogP contribution in [0.4, 0.5) is 5.69 Å². The molecule has 0 radical (unpaired) electrons. The van der Waals surface area contributed by atoms with Crippen molar-refractivity contribution in [2.45, 2.75) is 20.3 Å². The highest BCUT2D eigenvalue weighted by atomic mass is 35.5. The molecule has 1 aliphatic heterocycles. The summed E-state index contributed by atoms with van der Waals surface area (Å²) in [5.41, 5.74) is 5.61. The Morgan fingerprint density at radius 3 is 2.37 bits per heavy atom. The van der Waals surface area contributed by atoms with Crippen molar-refractivity contribution in [3.05, 3.63) is 124 Å². The van der Waals surface area contributed by atoms with E-state index in [1.54, 1.807) is 31.2 Å². The maximum absolute atomic E-state index is 9.97. The van der Waals surface area contributed by atoms with Crippen molar-refractivity contribution in [2.24, 2.45) is 0 Å². The number of nitriles is 2. The van der Waals surface area contributed by atoms with Crippen LogP contribution in [0.1, 0.15) is 23.6 Å². The number of hydrogen-bond acceptors (Lipinski definition) is 4. The highest BCUT2D eigenvalue weighted by Gasteiger charge is 2.25. The van der Waals surface area contributed by atoms with Gasteiger partial charge in [0.25, 0.3) is 0 Å². The van der Waals surface area contributed by atoms with E-state index in [4.69, 9.17) is 16.3 Å². The Labute approximate surface area is 211 Å². The highest BCUT2D eigenvalue weighted by Crippen LogP contribution is 2.39. The van der Waals surface area contributed by atoms with Gasteiger partial charge in [0.2, 0.25) is 5.88 Å². The van der Waals surface area contributed by atoms with Crippen molar-refractivity contribution in [2.75, 3.05) is 11.4 Å². The predicted octanol–water partition coefficient (Wildman–Crippen LogP) is 7.38. The van der Waals surface area contributed by atoms with Gasteiger partial charge in [-0.05, 0) is 61.7 Å². The lowest BCUT2D eigenvalue weighted by Gasteiger charge is -2.18. The molecule has 35 heavy (non-hydrogen) atoms. The van der Waals surface area contributed by atoms with E-state index >= 15 is 0 Å². The fourth-order valence-corrected chi connectivity index (χ4v) is 4.11. The summed E-state index contributed by atoms with van der Waals surface area (Å²) >= 11 is 6.04. The molecule has 0 saturated heterocycles. The second-order valence-electron chi connectivity index (χ2n) is 8.27. The van der Waals surface area contributed by atoms with E-state index in [9.17, 15) is 10.5 Å². The van der Waals surface area contributed by atoms with Gasteiger partial charge in [0, 0.05) is 28.8 Å². The number of nitrogens with zero attached hydrogens (tertiary/aromatic N) is 3. The summed E-state index contributed by atoms with van der Waals surface area (Å²) < 4.78 is 6.14. The molecule has 3 aromatic carbocycles. The number of aryl methyl sites for hydroxylation is 1. The van der Waals surface area contributed by atoms with Gasteiger partial charge in [-0.25, -0.2) is 0 Å². The van der Waals surface area contributed by atoms with Crippen LogP contribution in [0.25, 0.3) is 5.57 Å². The molecule has 0 unspecified atom stereocenters. The first-order chi connectivity index (χ1) is 17.0. The molecule has 1 heterocycles. The van der Waals surface area contributed by atoms with E-state index in [0.717, 1.165) is 30.0 Å². The topological polar surface area (TPSA) is 60.1 Å². The van der Waals surface area contributed by atoms with E-state index in [-0.39, 0.29) is 0 Å². The Balaban J connectivity index is 1.68. The number of fused-ring (bicyclic) bond motifs is 1. The molecule has 0 N–H and O–H groups in total. The number of anilines is 1. The number of hydrogen-bond donors (Lipinski definition) is 0. The Morgan fingerprint density at radius 1 is 0.971 bits per heavy atom. The summed E-state index contributed by atoms with van der Waals surface area (Å²) in [5, 5.41) is 20.1. The van der Waals surface area contributed by atoms with Gasteiger partial charge < -0.3 is 9.64 Å². The van der Waals surface area contributed by atoms with E-state index < -0.39 is 0 Å². The molecular weight excluding hydrogens is 454 g/mol. The molecule has 0 atom stereocenters. The van der Waals surface area contributed by atoms with Crippen molar-refractivity contribution in [1.82, 2.24) is 0 Å². The van der Waals surface area contributed by atoms with Gasteiger partial charge >= 0.3 is 0 Å². The second-order valence-corrected chi connectivity index (χ2v) is 8.71. The molecule has 0 aromatic heterocycles. The first-order valence-electron chi connectivity index (χ1n) is 11.3. The van der Waals surface area contributed by atoms with E-state index in [2.05, 4.69) is 48.2 Å². The summed E-state index contributed by atoms with van der Waals surface area (Å²) in [6.07, 6.45) is 4.35. The third kappa shape index (κ3) is 5.46. The summed E-state index contributed by atoms with van der Waals surface area (Å²) in [4.78, 5) is 2.11. The van der Waals surface area contributed by atoms with Gasteiger partial charge in [-0.2, -0.15) is 10.5 Å². The van der Waals surface area contributed by atoms with Crippen molar-refractivity contribution < 1.29 is 4.74 Å². The van der Waals surface area contributed by atoms with Crippen LogP contribution in [0.2, 0.25) is 5.02 Å². The molecule has 0 amide bonds. The molecule has 4 rings (SSSR count). The Kier molecular flexibility index (Phi) is 7.36. The number of para-hydroxylation sites is 2. The maximum atomic E-state index is 9.97. The number of allylic oxidation sites excluding steroid dienone is 5. The molecule has 172 valence electrons. The van der Waals surface area contributed by atoms with Gasteiger partial charge in [0.05, 0.1) is 23.4 Å². The fraction of sp³-hybridized carbons (Fsp3) is 0.133. The molecule has 5 heteroatoms. The maximum Gasteiger partial charge on any atom is 0.200 e. The van der Waals surface area contributed by atoms with Crippen LogP contribution in [0.15, 0.2) is 102 Å². The second kappa shape index (κ2) is 10.8. The van der Waals surface area contributed by atoms with Crippen molar-refractivity contribution in [3.8, 4) is 17.9 Å². The molecule has 0 bridgehead atoms. The van der Waals surface area contributed by atoms with Crippen LogP contribution in [0, 0.1) is 29.6 Å². The lowest BCUT2D eigenvalue weighted by molar-refractivity contribution is 0.438. The minimum Gasteiger partial charge on any atom is -0.439 e. The normalized spacial score (nSPS) is 14.6. The third-order valence-electron chi connectivity index (χ3n) is 5.84. The quantitative estimate of drug-likeness (QED) is 0.274. The van der Waals surface area contributed by atoms with Crippen LogP contribution < -0.4 is 9.64 Å². The SMILES string of the molecule is C/C(C#N)=C(/C(C#N)=C/C=C1\Oc2ccccc2N1CCc1ccc(C)cc1)c1ccc(Cl)cc1. The van der Waals surface area contributed by atoms with Crippen LogP contribution in [-0.2, 0) is 6.42 Å². The number of halogens is 1. The zero-order valence-corrected chi connectivity index (χ0v) is 20.4. The zero-order chi connectivity index (χ0) is 24.8.